The summed E-state index contributed by atoms with van der Waals surface area (Å²) in [5.41, 5.74) is 3.47. The molecule has 0 spiro atoms. The number of hydrogen-bond acceptors (Lipinski definition) is 4. The maximum absolute atomic E-state index is 12.4. The van der Waals surface area contributed by atoms with Gasteiger partial charge in [-0.3, -0.25) is 4.79 Å². The second kappa shape index (κ2) is 5.99. The molecule has 0 radical (unpaired) electrons. The molecule has 20 heavy (non-hydrogen) atoms. The minimum atomic E-state index is -0.465. The molecular weight excluding hydrogens is 252 g/mol. The Labute approximate surface area is 119 Å². The van der Waals surface area contributed by atoms with Crippen molar-refractivity contribution in [2.24, 2.45) is 16.1 Å². The van der Waals surface area contributed by atoms with Crippen LogP contribution < -0.4 is 0 Å². The van der Waals surface area contributed by atoms with E-state index in [2.05, 4.69) is 10.2 Å². The third kappa shape index (κ3) is 2.64. The lowest BCUT2D eigenvalue weighted by Gasteiger charge is -2.20. The largest absolute Gasteiger partial charge is 0.465 e. The molecule has 2 rings (SSSR count). The van der Waals surface area contributed by atoms with E-state index in [1.807, 2.05) is 52.0 Å². The molecule has 0 fully saturated rings. The molecule has 1 heterocycles. The van der Waals surface area contributed by atoms with Crippen LogP contribution in [0.15, 0.2) is 34.5 Å². The van der Waals surface area contributed by atoms with Gasteiger partial charge in [0.2, 0.25) is 0 Å². The molecule has 4 nitrogen and oxygen atoms in total. The van der Waals surface area contributed by atoms with Crippen LogP contribution in [0.5, 0.6) is 0 Å². The molecule has 0 aliphatic carbocycles. The number of fused-ring (bicyclic) bond motifs is 1. The summed E-state index contributed by atoms with van der Waals surface area (Å²) in [6, 6.07) is 7.81. The van der Waals surface area contributed by atoms with Crippen molar-refractivity contribution in [2.45, 2.75) is 33.6 Å². The van der Waals surface area contributed by atoms with Crippen LogP contribution in [0.4, 0.5) is 0 Å². The molecular formula is C16H20N2O2. The first-order valence-corrected chi connectivity index (χ1v) is 6.94. The zero-order valence-corrected chi connectivity index (χ0v) is 12.4. The molecule has 0 amide bonds. The molecule has 4 heteroatoms. The number of carbonyl (C=O) groups excluding carboxylic acids is 1. The quantitative estimate of drug-likeness (QED) is 0.793. The molecule has 1 aromatic rings. The van der Waals surface area contributed by atoms with Crippen molar-refractivity contribution < 1.29 is 9.53 Å². The molecule has 1 aliphatic rings. The van der Waals surface area contributed by atoms with Crippen molar-refractivity contribution in [3.05, 3.63) is 35.4 Å². The highest BCUT2D eigenvalue weighted by Crippen LogP contribution is 2.29. The molecule has 0 N–H and O–H groups in total. The predicted molar refractivity (Wildman–Crippen MR) is 80.3 cm³/mol. The summed E-state index contributed by atoms with van der Waals surface area (Å²) >= 11 is 0. The molecule has 0 bridgehead atoms. The van der Waals surface area contributed by atoms with Crippen LogP contribution in [0.25, 0.3) is 0 Å². The van der Waals surface area contributed by atoms with Crippen LogP contribution in [0, 0.1) is 5.92 Å². The van der Waals surface area contributed by atoms with E-state index < -0.39 is 5.92 Å². The van der Waals surface area contributed by atoms with Gasteiger partial charge in [0.1, 0.15) is 5.92 Å². The highest BCUT2D eigenvalue weighted by Gasteiger charge is 2.33. The Hall–Kier alpha value is -1.97. The molecule has 0 saturated heterocycles. The topological polar surface area (TPSA) is 51.0 Å². The minimum absolute atomic E-state index is 0.132. The molecule has 106 valence electrons. The van der Waals surface area contributed by atoms with Crippen LogP contribution in [0.1, 0.15) is 44.7 Å². The zero-order valence-electron chi connectivity index (χ0n) is 12.4. The van der Waals surface area contributed by atoms with Crippen molar-refractivity contribution in [1.29, 1.82) is 0 Å². The van der Waals surface area contributed by atoms with E-state index >= 15 is 0 Å². The lowest BCUT2D eigenvalue weighted by Crippen LogP contribution is -2.28. The second-order valence-corrected chi connectivity index (χ2v) is 5.14. The van der Waals surface area contributed by atoms with Gasteiger partial charge < -0.3 is 4.74 Å². The Morgan fingerprint density at radius 1 is 1.30 bits per heavy atom. The van der Waals surface area contributed by atoms with Gasteiger partial charge >= 0.3 is 5.97 Å². The number of nitrogens with zero attached hydrogens (tertiary/aromatic N) is 2. The van der Waals surface area contributed by atoms with Crippen LogP contribution in [0.3, 0.4) is 0 Å². The molecule has 0 saturated carbocycles. The maximum Gasteiger partial charge on any atom is 0.319 e. The lowest BCUT2D eigenvalue weighted by atomic mass is 9.85. The van der Waals surface area contributed by atoms with E-state index in [9.17, 15) is 4.79 Å². The van der Waals surface area contributed by atoms with Gasteiger partial charge in [-0.05, 0) is 25.3 Å². The summed E-state index contributed by atoms with van der Waals surface area (Å²) in [5, 5.41) is 8.56. The first-order valence-electron chi connectivity index (χ1n) is 6.94. The van der Waals surface area contributed by atoms with Gasteiger partial charge in [-0.2, -0.15) is 10.2 Å². The second-order valence-electron chi connectivity index (χ2n) is 5.14. The first kappa shape index (κ1) is 14.4. The van der Waals surface area contributed by atoms with Gasteiger partial charge in [-0.1, -0.05) is 38.1 Å². The van der Waals surface area contributed by atoms with Crippen molar-refractivity contribution in [1.82, 2.24) is 0 Å². The molecule has 1 atom stereocenters. The van der Waals surface area contributed by atoms with Crippen molar-refractivity contribution in [3.63, 3.8) is 0 Å². The zero-order chi connectivity index (χ0) is 14.7. The summed E-state index contributed by atoms with van der Waals surface area (Å²) in [6.45, 7) is 8.12. The van der Waals surface area contributed by atoms with Gasteiger partial charge in [0.15, 0.2) is 0 Å². The maximum atomic E-state index is 12.4. The van der Waals surface area contributed by atoms with Gasteiger partial charge in [0.05, 0.1) is 18.0 Å². The minimum Gasteiger partial charge on any atom is -0.465 e. The molecule has 1 unspecified atom stereocenters. The Balaban J connectivity index is 2.59. The normalized spacial score (nSPS) is 17.9. The smallest absolute Gasteiger partial charge is 0.319 e. The number of rotatable bonds is 3. The van der Waals surface area contributed by atoms with Gasteiger partial charge in [0.25, 0.3) is 0 Å². The summed E-state index contributed by atoms with van der Waals surface area (Å²) in [6.07, 6.45) is 0. The van der Waals surface area contributed by atoms with Crippen LogP contribution in [0.2, 0.25) is 0 Å². The Kier molecular flexibility index (Phi) is 4.32. The molecule has 1 aromatic carbocycles. The number of benzene rings is 1. The van der Waals surface area contributed by atoms with E-state index in [0.29, 0.717) is 6.61 Å². The van der Waals surface area contributed by atoms with Crippen molar-refractivity contribution >= 4 is 17.4 Å². The molecule has 0 aromatic heterocycles. The predicted octanol–water partition coefficient (Wildman–Crippen LogP) is 3.17. The van der Waals surface area contributed by atoms with E-state index in [-0.39, 0.29) is 11.9 Å². The fraction of sp³-hybridized carbons (Fsp3) is 0.438. The molecule has 1 aliphatic heterocycles. The third-order valence-corrected chi connectivity index (χ3v) is 3.39. The number of ether oxygens (including phenoxy) is 1. The Morgan fingerprint density at radius 2 is 2.00 bits per heavy atom. The Bertz CT molecular complexity index is 574. The van der Waals surface area contributed by atoms with E-state index in [1.54, 1.807) is 0 Å². The monoisotopic (exact) mass is 272 g/mol. The van der Waals surface area contributed by atoms with Crippen LogP contribution in [-0.2, 0) is 9.53 Å². The van der Waals surface area contributed by atoms with Crippen LogP contribution in [-0.4, -0.2) is 24.0 Å². The summed E-state index contributed by atoms with van der Waals surface area (Å²) in [7, 11) is 0. The standard InChI is InChI=1S/C16H20N2O2/c1-5-20-16(19)14-13-9-7-6-8-12(13)11(4)17-18-15(14)10(2)3/h6-10,14H,5H2,1-4H3. The van der Waals surface area contributed by atoms with E-state index in [1.165, 1.54) is 0 Å². The van der Waals surface area contributed by atoms with Crippen molar-refractivity contribution in [2.75, 3.05) is 6.61 Å². The number of carbonyl (C=O) groups is 1. The van der Waals surface area contributed by atoms with E-state index in [4.69, 9.17) is 4.74 Å². The summed E-state index contributed by atoms with van der Waals surface area (Å²) in [4.78, 5) is 12.4. The highest BCUT2D eigenvalue weighted by molar-refractivity contribution is 6.13. The van der Waals surface area contributed by atoms with Gasteiger partial charge in [0, 0.05) is 5.56 Å². The summed E-state index contributed by atoms with van der Waals surface area (Å²) in [5.74, 6) is -0.586. The fourth-order valence-corrected chi connectivity index (χ4v) is 2.40. The lowest BCUT2D eigenvalue weighted by molar-refractivity contribution is -0.143. The summed E-state index contributed by atoms with van der Waals surface area (Å²) < 4.78 is 5.24. The first-order chi connectivity index (χ1) is 9.56. The third-order valence-electron chi connectivity index (χ3n) is 3.39. The fourth-order valence-electron chi connectivity index (χ4n) is 2.40. The van der Waals surface area contributed by atoms with Gasteiger partial charge in [-0.15, -0.1) is 0 Å². The van der Waals surface area contributed by atoms with E-state index in [0.717, 1.165) is 22.6 Å². The van der Waals surface area contributed by atoms with Gasteiger partial charge in [-0.25, -0.2) is 0 Å². The average molecular weight is 272 g/mol. The highest BCUT2D eigenvalue weighted by atomic mass is 16.5. The SMILES string of the molecule is CCOC(=O)C1C(C(C)C)=NN=C(C)c2ccccc21. The average Bonchev–Trinajstić information content (AvgIpc) is 2.57. The van der Waals surface area contributed by atoms with Crippen LogP contribution >= 0.6 is 0 Å². The van der Waals surface area contributed by atoms with Crippen molar-refractivity contribution in [3.8, 4) is 0 Å². The Morgan fingerprint density at radius 3 is 2.65 bits per heavy atom. The number of hydrogen-bond donors (Lipinski definition) is 0. The number of esters is 1.